The number of thioether (sulfide) groups is 1. The fourth-order valence-corrected chi connectivity index (χ4v) is 6.32. The number of hydrogen-bond donors (Lipinski definition) is 1. The molecular weight excluding hydrogens is 394 g/mol. The van der Waals surface area contributed by atoms with E-state index in [0.717, 1.165) is 48.9 Å². The lowest BCUT2D eigenvalue weighted by atomic mass is 9.89. The minimum absolute atomic E-state index is 0.0433. The van der Waals surface area contributed by atoms with Gasteiger partial charge in [-0.15, -0.1) is 11.3 Å². The van der Waals surface area contributed by atoms with E-state index in [4.69, 9.17) is 9.72 Å². The monoisotopic (exact) mass is 421 g/mol. The largest absolute Gasteiger partial charge is 0.376 e. The summed E-state index contributed by atoms with van der Waals surface area (Å²) in [4.78, 5) is 32.3. The number of aromatic nitrogens is 2. The van der Waals surface area contributed by atoms with Crippen molar-refractivity contribution in [2.45, 2.75) is 63.8 Å². The molecule has 3 heterocycles. The van der Waals surface area contributed by atoms with Gasteiger partial charge in [0.25, 0.3) is 5.56 Å². The van der Waals surface area contributed by atoms with Gasteiger partial charge < -0.3 is 10.1 Å². The van der Waals surface area contributed by atoms with Crippen LogP contribution in [0.25, 0.3) is 10.2 Å². The highest BCUT2D eigenvalue weighted by atomic mass is 32.2. The second-order valence-corrected chi connectivity index (χ2v) is 9.73. The summed E-state index contributed by atoms with van der Waals surface area (Å²) in [6.45, 7) is 6.12. The molecular formula is C20H27N3O3S2. The lowest BCUT2D eigenvalue weighted by Gasteiger charge is -2.17. The lowest BCUT2D eigenvalue weighted by Crippen LogP contribution is -2.33. The topological polar surface area (TPSA) is 73.2 Å². The van der Waals surface area contributed by atoms with Crippen molar-refractivity contribution in [1.82, 2.24) is 14.9 Å². The quantitative estimate of drug-likeness (QED) is 0.573. The summed E-state index contributed by atoms with van der Waals surface area (Å²) in [7, 11) is 0. The summed E-state index contributed by atoms with van der Waals surface area (Å²) in [6, 6.07) is 0. The Morgan fingerprint density at radius 2 is 2.29 bits per heavy atom. The molecule has 6 nitrogen and oxygen atoms in total. The zero-order valence-corrected chi connectivity index (χ0v) is 18.1. The van der Waals surface area contributed by atoms with Crippen LogP contribution in [0.3, 0.4) is 0 Å². The van der Waals surface area contributed by atoms with Crippen molar-refractivity contribution in [2.75, 3.05) is 18.9 Å². The Bertz CT molecular complexity index is 931. The van der Waals surface area contributed by atoms with Gasteiger partial charge in [0.15, 0.2) is 5.16 Å². The number of thiophene rings is 1. The van der Waals surface area contributed by atoms with Crippen LogP contribution in [0, 0.1) is 5.92 Å². The SMILES string of the molecule is CCn1c(SCC(=O)NC[C@H]2CCCO2)nc2sc3c(c2c1=O)CC[C@@H](C)C3. The van der Waals surface area contributed by atoms with Crippen LogP contribution in [0.4, 0.5) is 0 Å². The van der Waals surface area contributed by atoms with Crippen molar-refractivity contribution in [2.24, 2.45) is 5.92 Å². The summed E-state index contributed by atoms with van der Waals surface area (Å²) in [5.74, 6) is 0.874. The van der Waals surface area contributed by atoms with E-state index in [1.54, 1.807) is 15.9 Å². The van der Waals surface area contributed by atoms with E-state index < -0.39 is 0 Å². The van der Waals surface area contributed by atoms with Gasteiger partial charge in [0.2, 0.25) is 5.91 Å². The molecule has 1 fully saturated rings. The van der Waals surface area contributed by atoms with Crippen LogP contribution >= 0.6 is 23.1 Å². The maximum absolute atomic E-state index is 13.1. The van der Waals surface area contributed by atoms with E-state index in [9.17, 15) is 9.59 Å². The van der Waals surface area contributed by atoms with Gasteiger partial charge in [0, 0.05) is 24.6 Å². The summed E-state index contributed by atoms with van der Waals surface area (Å²) in [5, 5.41) is 4.38. The summed E-state index contributed by atoms with van der Waals surface area (Å²) in [5.41, 5.74) is 1.26. The Labute approximate surface area is 173 Å². The van der Waals surface area contributed by atoms with Gasteiger partial charge in [-0.2, -0.15) is 0 Å². The first-order chi connectivity index (χ1) is 13.6. The number of aryl methyl sites for hydroxylation is 1. The Morgan fingerprint density at radius 1 is 1.43 bits per heavy atom. The molecule has 2 atom stereocenters. The van der Waals surface area contributed by atoms with E-state index in [-0.39, 0.29) is 23.3 Å². The van der Waals surface area contributed by atoms with Crippen LogP contribution in [0.2, 0.25) is 0 Å². The molecule has 1 N–H and O–H groups in total. The molecule has 0 spiro atoms. The number of hydrogen-bond acceptors (Lipinski definition) is 6. The zero-order chi connectivity index (χ0) is 19.7. The third-order valence-corrected chi connectivity index (χ3v) is 7.70. The molecule has 0 aromatic carbocycles. The van der Waals surface area contributed by atoms with Gasteiger partial charge in [-0.05, 0) is 50.5 Å². The predicted molar refractivity (Wildman–Crippen MR) is 113 cm³/mol. The molecule has 152 valence electrons. The number of nitrogens with zero attached hydrogens (tertiary/aromatic N) is 2. The highest BCUT2D eigenvalue weighted by Crippen LogP contribution is 2.36. The van der Waals surface area contributed by atoms with Crippen LogP contribution in [0.5, 0.6) is 0 Å². The van der Waals surface area contributed by atoms with E-state index in [1.165, 1.54) is 22.2 Å². The first-order valence-corrected chi connectivity index (χ1v) is 11.9. The molecule has 0 unspecified atom stereocenters. The van der Waals surface area contributed by atoms with E-state index in [2.05, 4.69) is 12.2 Å². The van der Waals surface area contributed by atoms with Crippen LogP contribution in [0.1, 0.15) is 43.6 Å². The van der Waals surface area contributed by atoms with Crippen LogP contribution in [-0.4, -0.2) is 40.5 Å². The fraction of sp³-hybridized carbons (Fsp3) is 0.650. The number of ether oxygens (including phenoxy) is 1. The number of amides is 1. The Kier molecular flexibility index (Phi) is 6.08. The second kappa shape index (κ2) is 8.55. The third kappa shape index (κ3) is 4.00. The average molecular weight is 422 g/mol. The molecule has 8 heteroatoms. The molecule has 0 radical (unpaired) electrons. The van der Waals surface area contributed by atoms with Crippen molar-refractivity contribution < 1.29 is 9.53 Å². The van der Waals surface area contributed by atoms with Crippen molar-refractivity contribution in [3.8, 4) is 0 Å². The molecule has 0 saturated carbocycles. The maximum atomic E-state index is 13.1. The van der Waals surface area contributed by atoms with E-state index >= 15 is 0 Å². The Hall–Kier alpha value is -1.38. The van der Waals surface area contributed by atoms with Gasteiger partial charge >= 0.3 is 0 Å². The maximum Gasteiger partial charge on any atom is 0.263 e. The van der Waals surface area contributed by atoms with Crippen LogP contribution in [0.15, 0.2) is 9.95 Å². The van der Waals surface area contributed by atoms with E-state index in [0.29, 0.717) is 24.2 Å². The molecule has 4 rings (SSSR count). The van der Waals surface area contributed by atoms with E-state index in [1.807, 2.05) is 6.92 Å². The Balaban J connectivity index is 1.52. The number of nitrogens with one attached hydrogen (secondary N) is 1. The number of rotatable bonds is 6. The minimum Gasteiger partial charge on any atom is -0.376 e. The highest BCUT2D eigenvalue weighted by molar-refractivity contribution is 7.99. The smallest absolute Gasteiger partial charge is 0.263 e. The summed E-state index contributed by atoms with van der Waals surface area (Å²) in [6.07, 6.45) is 5.34. The van der Waals surface area contributed by atoms with Gasteiger partial charge in [-0.25, -0.2) is 4.98 Å². The molecule has 0 bridgehead atoms. The van der Waals surface area contributed by atoms with Crippen molar-refractivity contribution in [3.05, 3.63) is 20.8 Å². The molecule has 1 saturated heterocycles. The van der Waals surface area contributed by atoms with Crippen LogP contribution < -0.4 is 10.9 Å². The number of fused-ring (bicyclic) bond motifs is 3. The zero-order valence-electron chi connectivity index (χ0n) is 16.5. The molecule has 1 amide bonds. The molecule has 1 aliphatic heterocycles. The Morgan fingerprint density at radius 3 is 3.04 bits per heavy atom. The van der Waals surface area contributed by atoms with Gasteiger partial charge in [0.05, 0.1) is 17.2 Å². The normalized spacial score (nSPS) is 21.8. The van der Waals surface area contributed by atoms with Gasteiger partial charge in [-0.3, -0.25) is 14.2 Å². The molecule has 2 aromatic rings. The first kappa shape index (κ1) is 19.9. The van der Waals surface area contributed by atoms with Crippen LogP contribution in [-0.2, 0) is 28.9 Å². The number of carbonyl (C=O) groups is 1. The standard InChI is InChI=1S/C20H27N3O3S2/c1-3-23-19(25)17-14-7-6-12(2)9-15(14)28-18(17)22-20(23)27-11-16(24)21-10-13-5-4-8-26-13/h12-13H,3-11H2,1-2H3,(H,21,24)/t12-,13-/m1/s1. The third-order valence-electron chi connectivity index (χ3n) is 5.58. The number of carbonyl (C=O) groups excluding carboxylic acids is 1. The first-order valence-electron chi connectivity index (χ1n) is 10.1. The highest BCUT2D eigenvalue weighted by Gasteiger charge is 2.24. The summed E-state index contributed by atoms with van der Waals surface area (Å²) < 4.78 is 7.25. The molecule has 1 aliphatic carbocycles. The van der Waals surface area contributed by atoms with Gasteiger partial charge in [0.1, 0.15) is 4.83 Å². The lowest BCUT2D eigenvalue weighted by molar-refractivity contribution is -0.119. The minimum atomic E-state index is -0.0446. The molecule has 2 aromatic heterocycles. The van der Waals surface area contributed by atoms with Crippen molar-refractivity contribution >= 4 is 39.2 Å². The molecule has 28 heavy (non-hydrogen) atoms. The van der Waals surface area contributed by atoms with Gasteiger partial charge in [-0.1, -0.05) is 18.7 Å². The average Bonchev–Trinajstić information content (AvgIpc) is 3.31. The fourth-order valence-electron chi connectivity index (χ4n) is 4.01. The molecule has 2 aliphatic rings. The second-order valence-electron chi connectivity index (χ2n) is 7.70. The van der Waals surface area contributed by atoms with Crippen molar-refractivity contribution in [1.29, 1.82) is 0 Å². The summed E-state index contributed by atoms with van der Waals surface area (Å²) >= 11 is 3.00. The predicted octanol–water partition coefficient (Wildman–Crippen LogP) is 2.99. The van der Waals surface area contributed by atoms with Crippen molar-refractivity contribution in [3.63, 3.8) is 0 Å².